The molecule has 0 unspecified atom stereocenters. The van der Waals surface area contributed by atoms with Gasteiger partial charge < -0.3 is 9.42 Å². The number of rotatable bonds is 4. The van der Waals surface area contributed by atoms with Crippen molar-refractivity contribution in [3.63, 3.8) is 0 Å². The fraction of sp³-hybridized carbons (Fsp3) is 0.550. The average Bonchev–Trinajstić information content (AvgIpc) is 3.52. The molecule has 5 heteroatoms. The summed E-state index contributed by atoms with van der Waals surface area (Å²) in [5.74, 6) is 2.70. The highest BCUT2D eigenvalue weighted by Gasteiger charge is 2.48. The van der Waals surface area contributed by atoms with Crippen LogP contribution in [0.15, 0.2) is 28.8 Å². The van der Waals surface area contributed by atoms with Gasteiger partial charge in [0.05, 0.1) is 6.04 Å². The van der Waals surface area contributed by atoms with Crippen molar-refractivity contribution in [1.82, 2.24) is 15.0 Å². The van der Waals surface area contributed by atoms with Gasteiger partial charge in [0.2, 0.25) is 11.8 Å². The van der Waals surface area contributed by atoms with Gasteiger partial charge in [-0.1, -0.05) is 29.4 Å². The highest BCUT2D eigenvalue weighted by atomic mass is 16.5. The minimum Gasteiger partial charge on any atom is -0.339 e. The standard InChI is InChI=1S/C20H23N3O2/c1-12-5-2-3-6-14(12)15-11-16(15)20(24)23-10-4-7-17(23)18-21-19(25-22-18)13-8-9-13/h2-3,5-6,13,15-17H,4,7-11H2,1H3/t15-,16+,17+/m0/s1. The minimum absolute atomic E-state index is 0.00173. The molecule has 2 aliphatic carbocycles. The van der Waals surface area contributed by atoms with Gasteiger partial charge in [-0.15, -0.1) is 0 Å². The zero-order chi connectivity index (χ0) is 17.0. The van der Waals surface area contributed by atoms with Gasteiger partial charge in [-0.05, 0) is 56.1 Å². The molecule has 5 rings (SSSR count). The number of aryl methyl sites for hydroxylation is 1. The van der Waals surface area contributed by atoms with Crippen molar-refractivity contribution in [2.24, 2.45) is 5.92 Å². The molecule has 0 radical (unpaired) electrons. The third kappa shape index (κ3) is 2.66. The van der Waals surface area contributed by atoms with E-state index >= 15 is 0 Å². The van der Waals surface area contributed by atoms with Crippen molar-refractivity contribution >= 4 is 5.91 Å². The number of likely N-dealkylation sites (tertiary alicyclic amines) is 1. The number of carbonyl (C=O) groups excluding carboxylic acids is 1. The molecule has 3 atom stereocenters. The number of hydrogen-bond donors (Lipinski definition) is 0. The first-order chi connectivity index (χ1) is 12.2. The molecule has 3 fully saturated rings. The van der Waals surface area contributed by atoms with Crippen molar-refractivity contribution < 1.29 is 9.32 Å². The smallest absolute Gasteiger partial charge is 0.229 e. The zero-order valence-corrected chi connectivity index (χ0v) is 14.5. The van der Waals surface area contributed by atoms with Crippen molar-refractivity contribution in [3.8, 4) is 0 Å². The third-order valence-corrected chi connectivity index (χ3v) is 5.91. The first-order valence-electron chi connectivity index (χ1n) is 9.42. The number of amides is 1. The summed E-state index contributed by atoms with van der Waals surface area (Å²) in [5.41, 5.74) is 2.61. The fourth-order valence-electron chi connectivity index (χ4n) is 4.21. The molecule has 1 amide bonds. The van der Waals surface area contributed by atoms with Crippen molar-refractivity contribution in [2.45, 2.75) is 56.9 Å². The largest absolute Gasteiger partial charge is 0.339 e. The summed E-state index contributed by atoms with van der Waals surface area (Å²) < 4.78 is 5.41. The van der Waals surface area contributed by atoms with E-state index in [1.807, 2.05) is 4.90 Å². The summed E-state index contributed by atoms with van der Waals surface area (Å²) in [6.07, 6.45) is 5.22. The van der Waals surface area contributed by atoms with E-state index in [2.05, 4.69) is 41.3 Å². The SMILES string of the molecule is Cc1ccccc1[C@@H]1C[C@H]1C(=O)N1CCC[C@@H]1c1noc(C2CC2)n1. The van der Waals surface area contributed by atoms with Gasteiger partial charge in [0.25, 0.3) is 0 Å². The Bertz CT molecular complexity index is 811. The lowest BCUT2D eigenvalue weighted by molar-refractivity contribution is -0.133. The second-order valence-electron chi connectivity index (χ2n) is 7.76. The van der Waals surface area contributed by atoms with Gasteiger partial charge in [0.1, 0.15) is 0 Å². The molecule has 1 saturated heterocycles. The number of carbonyl (C=O) groups is 1. The maximum absolute atomic E-state index is 13.1. The molecular formula is C20H23N3O2. The van der Waals surface area contributed by atoms with Gasteiger partial charge in [-0.25, -0.2) is 0 Å². The van der Waals surface area contributed by atoms with Crippen LogP contribution in [0, 0.1) is 12.8 Å². The van der Waals surface area contributed by atoms with Crippen LogP contribution in [0.5, 0.6) is 0 Å². The van der Waals surface area contributed by atoms with Crippen LogP contribution >= 0.6 is 0 Å². The Hall–Kier alpha value is -2.17. The number of hydrogen-bond acceptors (Lipinski definition) is 4. The lowest BCUT2D eigenvalue weighted by Gasteiger charge is -2.22. The summed E-state index contributed by atoms with van der Waals surface area (Å²) in [5, 5.41) is 4.18. The molecule has 2 heterocycles. The van der Waals surface area contributed by atoms with Gasteiger partial charge in [-0.2, -0.15) is 4.98 Å². The molecule has 1 aromatic carbocycles. The Morgan fingerprint density at radius 2 is 2.08 bits per heavy atom. The van der Waals surface area contributed by atoms with Crippen molar-refractivity contribution in [1.29, 1.82) is 0 Å². The molecule has 130 valence electrons. The van der Waals surface area contributed by atoms with Crippen LogP contribution in [0.25, 0.3) is 0 Å². The minimum atomic E-state index is 0.00173. The Morgan fingerprint density at radius 1 is 1.24 bits per heavy atom. The predicted octanol–water partition coefficient (Wildman–Crippen LogP) is 3.72. The first kappa shape index (κ1) is 15.1. The normalized spacial score (nSPS) is 28.4. The summed E-state index contributed by atoms with van der Waals surface area (Å²) in [6.45, 7) is 2.94. The van der Waals surface area contributed by atoms with Crippen LogP contribution in [0.3, 0.4) is 0 Å². The molecule has 2 aromatic rings. The van der Waals surface area contributed by atoms with Crippen molar-refractivity contribution in [3.05, 3.63) is 47.1 Å². The molecule has 0 N–H and O–H groups in total. The number of aromatic nitrogens is 2. The second-order valence-corrected chi connectivity index (χ2v) is 7.76. The molecular weight excluding hydrogens is 314 g/mol. The van der Waals surface area contributed by atoms with Gasteiger partial charge >= 0.3 is 0 Å². The monoisotopic (exact) mass is 337 g/mol. The van der Waals surface area contributed by atoms with Crippen LogP contribution in [0.1, 0.15) is 72.8 Å². The van der Waals surface area contributed by atoms with Crippen LogP contribution < -0.4 is 0 Å². The lowest BCUT2D eigenvalue weighted by atomic mass is 10.0. The molecule has 1 aliphatic heterocycles. The Balaban J connectivity index is 1.32. The summed E-state index contributed by atoms with van der Waals surface area (Å²) >= 11 is 0. The number of benzene rings is 1. The van der Waals surface area contributed by atoms with E-state index in [0.717, 1.165) is 44.5 Å². The van der Waals surface area contributed by atoms with E-state index in [4.69, 9.17) is 4.52 Å². The van der Waals surface area contributed by atoms with E-state index in [1.165, 1.54) is 11.1 Å². The van der Waals surface area contributed by atoms with E-state index in [9.17, 15) is 4.79 Å². The maximum Gasteiger partial charge on any atom is 0.229 e. The molecule has 1 aromatic heterocycles. The van der Waals surface area contributed by atoms with Crippen LogP contribution in [-0.4, -0.2) is 27.5 Å². The molecule has 0 bridgehead atoms. The number of nitrogens with zero attached hydrogens (tertiary/aromatic N) is 3. The highest BCUT2D eigenvalue weighted by molar-refractivity contribution is 5.83. The Kier molecular flexibility index (Phi) is 3.43. The van der Waals surface area contributed by atoms with E-state index in [1.54, 1.807) is 0 Å². The van der Waals surface area contributed by atoms with E-state index in [-0.39, 0.29) is 17.9 Å². The second kappa shape index (κ2) is 5.68. The van der Waals surface area contributed by atoms with Crippen LogP contribution in [0.4, 0.5) is 0 Å². The van der Waals surface area contributed by atoms with E-state index in [0.29, 0.717) is 17.7 Å². The van der Waals surface area contributed by atoms with Gasteiger partial charge in [0, 0.05) is 18.4 Å². The molecule has 25 heavy (non-hydrogen) atoms. The lowest BCUT2D eigenvalue weighted by Crippen LogP contribution is -2.32. The first-order valence-corrected chi connectivity index (χ1v) is 9.42. The molecule has 5 nitrogen and oxygen atoms in total. The Labute approximate surface area is 147 Å². The average molecular weight is 337 g/mol. The molecule has 2 saturated carbocycles. The molecule has 3 aliphatic rings. The van der Waals surface area contributed by atoms with E-state index < -0.39 is 0 Å². The topological polar surface area (TPSA) is 59.2 Å². The summed E-state index contributed by atoms with van der Waals surface area (Å²) in [7, 11) is 0. The van der Waals surface area contributed by atoms with Crippen molar-refractivity contribution in [2.75, 3.05) is 6.54 Å². The Morgan fingerprint density at radius 3 is 2.88 bits per heavy atom. The van der Waals surface area contributed by atoms with Crippen LogP contribution in [-0.2, 0) is 4.79 Å². The highest BCUT2D eigenvalue weighted by Crippen LogP contribution is 2.51. The van der Waals surface area contributed by atoms with Gasteiger partial charge in [0.15, 0.2) is 5.82 Å². The molecule has 0 spiro atoms. The quantitative estimate of drug-likeness (QED) is 0.853. The maximum atomic E-state index is 13.1. The summed E-state index contributed by atoms with van der Waals surface area (Å²) in [4.78, 5) is 19.7. The van der Waals surface area contributed by atoms with Crippen LogP contribution in [0.2, 0.25) is 0 Å². The van der Waals surface area contributed by atoms with Gasteiger partial charge in [-0.3, -0.25) is 4.79 Å². The predicted molar refractivity (Wildman–Crippen MR) is 92.0 cm³/mol. The third-order valence-electron chi connectivity index (χ3n) is 5.91. The summed E-state index contributed by atoms with van der Waals surface area (Å²) in [6, 6.07) is 8.42. The fourth-order valence-corrected chi connectivity index (χ4v) is 4.21. The zero-order valence-electron chi connectivity index (χ0n) is 14.5.